The molecule has 0 saturated carbocycles. The molecule has 3 aromatic carbocycles. The number of aromatic nitrogens is 2. The Hall–Kier alpha value is -3.52. The molecule has 0 amide bonds. The molecule has 0 bridgehead atoms. The lowest BCUT2D eigenvalue weighted by Gasteiger charge is -2.33. The smallest absolute Gasteiger partial charge is 0.187 e. The van der Waals surface area contributed by atoms with Gasteiger partial charge in [-0.3, -0.25) is 0 Å². The lowest BCUT2D eigenvalue weighted by atomic mass is 10.1. The molecule has 2 aromatic heterocycles. The molecular formula is C28H28N5S2+. The van der Waals surface area contributed by atoms with Crippen molar-refractivity contribution in [3.63, 3.8) is 0 Å². The normalized spacial score (nSPS) is 11.3. The Morgan fingerprint density at radius 1 is 0.600 bits per heavy atom. The van der Waals surface area contributed by atoms with Crippen molar-refractivity contribution in [1.82, 2.24) is 9.97 Å². The molecule has 0 spiro atoms. The number of para-hydroxylation sites is 2. The van der Waals surface area contributed by atoms with E-state index in [1.54, 1.807) is 22.7 Å². The highest BCUT2D eigenvalue weighted by Crippen LogP contribution is 2.28. The van der Waals surface area contributed by atoms with Gasteiger partial charge in [-0.25, -0.2) is 9.97 Å². The zero-order valence-corrected chi connectivity index (χ0v) is 21.2. The monoisotopic (exact) mass is 498 g/mol. The van der Waals surface area contributed by atoms with Crippen LogP contribution in [0.5, 0.6) is 0 Å². The fourth-order valence-electron chi connectivity index (χ4n) is 4.14. The zero-order chi connectivity index (χ0) is 23.9. The predicted octanol–water partition coefficient (Wildman–Crippen LogP) is 7.43. The van der Waals surface area contributed by atoms with Crippen molar-refractivity contribution in [2.24, 2.45) is 0 Å². The van der Waals surface area contributed by atoms with Gasteiger partial charge in [0.25, 0.3) is 0 Å². The van der Waals surface area contributed by atoms with Crippen LogP contribution in [0.3, 0.4) is 0 Å². The van der Waals surface area contributed by atoms with Gasteiger partial charge in [-0.15, -0.1) is 22.7 Å². The number of anilines is 4. The molecule has 2 N–H and O–H groups in total. The lowest BCUT2D eigenvalue weighted by Crippen LogP contribution is -2.41. The largest absolute Gasteiger partial charge is 0.332 e. The maximum Gasteiger partial charge on any atom is 0.187 e. The van der Waals surface area contributed by atoms with Gasteiger partial charge < -0.3 is 15.1 Å². The van der Waals surface area contributed by atoms with E-state index < -0.39 is 0 Å². The van der Waals surface area contributed by atoms with E-state index in [0.717, 1.165) is 57.1 Å². The number of rotatable bonds is 10. The van der Waals surface area contributed by atoms with Gasteiger partial charge in [0.05, 0.1) is 7.05 Å². The first-order chi connectivity index (χ1) is 17.1. The topological polar surface area (TPSA) is 49.8 Å². The molecule has 5 nitrogen and oxygen atoms in total. The molecule has 35 heavy (non-hydrogen) atoms. The second kappa shape index (κ2) is 10.8. The summed E-state index contributed by atoms with van der Waals surface area (Å²) < 4.78 is 0.785. The molecule has 176 valence electrons. The minimum absolute atomic E-state index is 0.785. The van der Waals surface area contributed by atoms with Crippen LogP contribution >= 0.6 is 22.7 Å². The summed E-state index contributed by atoms with van der Waals surface area (Å²) in [6.45, 7) is 2.54. The van der Waals surface area contributed by atoms with Crippen LogP contribution in [0.2, 0.25) is 0 Å². The summed E-state index contributed by atoms with van der Waals surface area (Å²) in [7, 11) is 2.29. The molecule has 0 fully saturated rings. The molecule has 0 aliphatic heterocycles. The summed E-state index contributed by atoms with van der Waals surface area (Å²) in [6.07, 6.45) is 0. The Bertz CT molecular complexity index is 1250. The molecule has 0 aliphatic rings. The molecule has 0 radical (unpaired) electrons. The van der Waals surface area contributed by atoms with Crippen LogP contribution in [0.4, 0.5) is 21.6 Å². The number of nitrogens with zero attached hydrogens (tertiary/aromatic N) is 3. The van der Waals surface area contributed by atoms with Crippen molar-refractivity contribution in [2.75, 3.05) is 17.7 Å². The van der Waals surface area contributed by atoms with Crippen LogP contribution in [0.25, 0.3) is 0 Å². The Balaban J connectivity index is 1.33. The third-order valence-electron chi connectivity index (χ3n) is 5.65. The van der Waals surface area contributed by atoms with Crippen LogP contribution < -0.4 is 10.6 Å². The van der Waals surface area contributed by atoms with Gasteiger partial charge in [-0.1, -0.05) is 66.7 Å². The average Bonchev–Trinajstić information content (AvgIpc) is 3.49. The zero-order valence-electron chi connectivity index (χ0n) is 19.6. The summed E-state index contributed by atoms with van der Waals surface area (Å²) in [6, 6.07) is 31.0. The molecule has 0 unspecified atom stereocenters. The van der Waals surface area contributed by atoms with E-state index in [4.69, 9.17) is 9.97 Å². The van der Waals surface area contributed by atoms with Crippen molar-refractivity contribution in [1.29, 1.82) is 0 Å². The second-order valence-electron chi connectivity index (χ2n) is 8.85. The van der Waals surface area contributed by atoms with Crippen LogP contribution in [-0.2, 0) is 19.6 Å². The Morgan fingerprint density at radius 3 is 1.49 bits per heavy atom. The highest BCUT2D eigenvalue weighted by atomic mass is 32.1. The first-order valence-corrected chi connectivity index (χ1v) is 13.3. The van der Waals surface area contributed by atoms with Gasteiger partial charge in [0, 0.05) is 27.7 Å². The van der Waals surface area contributed by atoms with Crippen LogP contribution in [0.15, 0.2) is 102 Å². The molecule has 0 atom stereocenters. The Labute approximate surface area is 214 Å². The quantitative estimate of drug-likeness (QED) is 0.197. The first-order valence-electron chi connectivity index (χ1n) is 11.5. The maximum atomic E-state index is 4.90. The predicted molar refractivity (Wildman–Crippen MR) is 147 cm³/mol. The summed E-state index contributed by atoms with van der Waals surface area (Å²) in [4.78, 5) is 9.79. The van der Waals surface area contributed by atoms with Crippen LogP contribution in [-0.4, -0.2) is 21.5 Å². The molecule has 0 saturated heterocycles. The van der Waals surface area contributed by atoms with Crippen molar-refractivity contribution in [3.05, 3.63) is 119 Å². The minimum atomic E-state index is 0.785. The first kappa shape index (κ1) is 23.2. The molecule has 5 rings (SSSR count). The minimum Gasteiger partial charge on any atom is -0.332 e. The van der Waals surface area contributed by atoms with Crippen molar-refractivity contribution in [2.45, 2.75) is 19.6 Å². The molecule has 7 heteroatoms. The lowest BCUT2D eigenvalue weighted by molar-refractivity contribution is -0.948. The number of thiazole rings is 2. The van der Waals surface area contributed by atoms with Crippen molar-refractivity contribution >= 4 is 44.3 Å². The number of quaternary nitrogens is 1. The van der Waals surface area contributed by atoms with Crippen LogP contribution in [0, 0.1) is 0 Å². The van der Waals surface area contributed by atoms with E-state index in [9.17, 15) is 0 Å². The van der Waals surface area contributed by atoms with Gasteiger partial charge in [0.15, 0.2) is 10.3 Å². The third-order valence-corrected chi connectivity index (χ3v) is 7.26. The number of nitrogens with one attached hydrogen (secondary N) is 2. The van der Waals surface area contributed by atoms with Gasteiger partial charge >= 0.3 is 0 Å². The summed E-state index contributed by atoms with van der Waals surface area (Å²) in [5.41, 5.74) is 5.59. The Morgan fingerprint density at radius 2 is 1.03 bits per heavy atom. The third kappa shape index (κ3) is 6.54. The highest BCUT2D eigenvalue weighted by Gasteiger charge is 2.26. The average molecular weight is 499 g/mol. The molecule has 5 aromatic rings. The fourth-order valence-corrected chi connectivity index (χ4v) is 5.58. The Kier molecular flexibility index (Phi) is 7.18. The number of hydrogen-bond acceptors (Lipinski definition) is 6. The van der Waals surface area contributed by atoms with E-state index in [1.807, 2.05) is 36.4 Å². The molecular weight excluding hydrogens is 470 g/mol. The SMILES string of the molecule is C[N+](Cc1ccccc1)(Cc1csc(Nc2ccccc2)n1)Cc1csc(Nc2ccccc2)n1. The van der Waals surface area contributed by atoms with E-state index in [1.165, 1.54) is 5.56 Å². The molecule has 0 aliphatic carbocycles. The van der Waals surface area contributed by atoms with E-state index in [-0.39, 0.29) is 0 Å². The maximum absolute atomic E-state index is 4.90. The summed E-state index contributed by atoms with van der Waals surface area (Å²) in [5, 5.41) is 13.0. The number of hydrogen-bond donors (Lipinski definition) is 2. The van der Waals surface area contributed by atoms with E-state index in [0.29, 0.717) is 0 Å². The number of benzene rings is 3. The van der Waals surface area contributed by atoms with Crippen LogP contribution in [0.1, 0.15) is 17.0 Å². The highest BCUT2D eigenvalue weighted by molar-refractivity contribution is 7.14. The standard InChI is InChI=1S/C28H28N5S2/c1-33(17-22-11-5-2-6-12-22,18-25-20-34-27(31-25)29-23-13-7-3-8-14-23)19-26-21-35-28(32-26)30-24-15-9-4-10-16-24/h2-16,20-21H,17-19H2,1H3,(H,29,31)(H,30,32)/q+1. The van der Waals surface area contributed by atoms with Gasteiger partial charge in [-0.05, 0) is 24.3 Å². The summed E-state index contributed by atoms with van der Waals surface area (Å²) in [5.74, 6) is 0. The van der Waals surface area contributed by atoms with Crippen molar-refractivity contribution in [3.8, 4) is 0 Å². The van der Waals surface area contributed by atoms with E-state index in [2.05, 4.69) is 83.0 Å². The van der Waals surface area contributed by atoms with Gasteiger partial charge in [-0.2, -0.15) is 0 Å². The second-order valence-corrected chi connectivity index (χ2v) is 10.6. The van der Waals surface area contributed by atoms with Gasteiger partial charge in [0.2, 0.25) is 0 Å². The van der Waals surface area contributed by atoms with Gasteiger partial charge in [0.1, 0.15) is 31.0 Å². The van der Waals surface area contributed by atoms with E-state index >= 15 is 0 Å². The van der Waals surface area contributed by atoms with Crippen molar-refractivity contribution < 1.29 is 4.48 Å². The fraction of sp³-hybridized carbons (Fsp3) is 0.143. The molecule has 2 heterocycles. The summed E-state index contributed by atoms with van der Waals surface area (Å²) >= 11 is 3.29.